The minimum Gasteiger partial charge on any atom is -0.463 e. The maximum atomic E-state index is 12.6. The Balaban J connectivity index is 1.45. The molecule has 1 aliphatic carbocycles. The zero-order valence-corrected chi connectivity index (χ0v) is 21.1. The Bertz CT molecular complexity index is 1260. The zero-order chi connectivity index (χ0) is 25.1. The van der Waals surface area contributed by atoms with Crippen molar-refractivity contribution in [2.24, 2.45) is 0 Å². The standard InChI is InChI=1S/C30H30ClNO4/c1-35-30(34)29-26-9-3-2-7-24(26)23(25-8-4-5-11-28(25)36-29)10-6-17-32-18-16-22(33)19-27(32)20-12-14-21(31)15-13-20/h2-5,7-8,10-15,22,27,33H,6,9,16-19H2,1H3. The van der Waals surface area contributed by atoms with Gasteiger partial charge in [0.05, 0.1) is 13.2 Å². The van der Waals surface area contributed by atoms with Gasteiger partial charge in [0.1, 0.15) is 5.75 Å². The molecule has 2 atom stereocenters. The third-order valence-electron chi connectivity index (χ3n) is 7.08. The number of aliphatic hydroxyl groups is 1. The molecule has 1 N–H and O–H groups in total. The molecule has 2 unspecified atom stereocenters. The maximum Gasteiger partial charge on any atom is 0.374 e. The highest BCUT2D eigenvalue weighted by Gasteiger charge is 2.31. The van der Waals surface area contributed by atoms with Crippen molar-refractivity contribution in [2.75, 3.05) is 20.2 Å². The number of methoxy groups -OCH3 is 1. The lowest BCUT2D eigenvalue weighted by Gasteiger charge is -2.38. The summed E-state index contributed by atoms with van der Waals surface area (Å²) >= 11 is 6.11. The number of hydrogen-bond acceptors (Lipinski definition) is 5. The van der Waals surface area contributed by atoms with Gasteiger partial charge >= 0.3 is 5.97 Å². The summed E-state index contributed by atoms with van der Waals surface area (Å²) in [5.41, 5.74) is 5.02. The van der Waals surface area contributed by atoms with Gasteiger partial charge in [0.15, 0.2) is 0 Å². The van der Waals surface area contributed by atoms with Crippen molar-refractivity contribution in [1.29, 1.82) is 0 Å². The lowest BCUT2D eigenvalue weighted by Crippen LogP contribution is -2.39. The molecule has 6 heteroatoms. The van der Waals surface area contributed by atoms with Crippen LogP contribution in [0, 0.1) is 0 Å². The Morgan fingerprint density at radius 3 is 2.83 bits per heavy atom. The minimum atomic E-state index is -0.472. The first-order chi connectivity index (χ1) is 17.5. The second-order valence-electron chi connectivity index (χ2n) is 9.30. The molecule has 0 saturated carbocycles. The number of ether oxygens (including phenoxy) is 2. The number of halogens is 1. The van der Waals surface area contributed by atoms with Crippen LogP contribution < -0.4 is 4.74 Å². The molecule has 0 spiro atoms. The smallest absolute Gasteiger partial charge is 0.374 e. The van der Waals surface area contributed by atoms with E-state index in [4.69, 9.17) is 21.1 Å². The topological polar surface area (TPSA) is 59.0 Å². The van der Waals surface area contributed by atoms with Crippen LogP contribution in [0.25, 0.3) is 5.57 Å². The quantitative estimate of drug-likeness (QED) is 0.506. The van der Waals surface area contributed by atoms with E-state index >= 15 is 0 Å². The van der Waals surface area contributed by atoms with Crippen LogP contribution in [0.1, 0.15) is 42.9 Å². The van der Waals surface area contributed by atoms with Crippen molar-refractivity contribution in [1.82, 2.24) is 4.90 Å². The first-order valence-electron chi connectivity index (χ1n) is 12.4. The number of carbonyl (C=O) groups is 1. The summed E-state index contributed by atoms with van der Waals surface area (Å²) in [6.45, 7) is 1.68. The molecule has 0 bridgehead atoms. The van der Waals surface area contributed by atoms with E-state index < -0.39 is 5.97 Å². The zero-order valence-electron chi connectivity index (χ0n) is 20.3. The summed E-state index contributed by atoms with van der Waals surface area (Å²) in [4.78, 5) is 15.1. The van der Waals surface area contributed by atoms with E-state index in [1.807, 2.05) is 54.6 Å². The van der Waals surface area contributed by atoms with Crippen LogP contribution in [-0.2, 0) is 9.53 Å². The number of fused-ring (bicyclic) bond motifs is 2. The van der Waals surface area contributed by atoms with Crippen LogP contribution in [-0.4, -0.2) is 42.3 Å². The number of rotatable bonds is 5. The number of carbonyl (C=O) groups excluding carboxylic acids is 1. The maximum absolute atomic E-state index is 12.6. The first kappa shape index (κ1) is 24.6. The molecule has 3 aliphatic rings. The van der Waals surface area contributed by atoms with E-state index in [-0.39, 0.29) is 17.9 Å². The number of nitrogens with zero attached hydrogens (tertiary/aromatic N) is 1. The minimum absolute atomic E-state index is 0.146. The van der Waals surface area contributed by atoms with Crippen LogP contribution in [0.4, 0.5) is 0 Å². The number of allylic oxidation sites excluding steroid dienone is 6. The van der Waals surface area contributed by atoms with E-state index in [1.165, 1.54) is 12.7 Å². The molecule has 2 heterocycles. The molecular weight excluding hydrogens is 474 g/mol. The van der Waals surface area contributed by atoms with Crippen LogP contribution >= 0.6 is 11.6 Å². The normalized spacial score (nSPS) is 22.9. The number of para-hydroxylation sites is 1. The lowest BCUT2D eigenvalue weighted by atomic mass is 9.87. The Morgan fingerprint density at radius 1 is 1.22 bits per heavy atom. The molecule has 2 aromatic carbocycles. The fourth-order valence-electron chi connectivity index (χ4n) is 5.27. The molecule has 1 fully saturated rings. The summed E-state index contributed by atoms with van der Waals surface area (Å²) in [5.74, 6) is 0.420. The summed E-state index contributed by atoms with van der Waals surface area (Å²) in [7, 11) is 1.38. The van der Waals surface area contributed by atoms with Gasteiger partial charge in [-0.05, 0) is 60.6 Å². The number of likely N-dealkylation sites (tertiary alicyclic amines) is 1. The lowest BCUT2D eigenvalue weighted by molar-refractivity contribution is -0.138. The van der Waals surface area contributed by atoms with E-state index in [0.717, 1.165) is 48.2 Å². The summed E-state index contributed by atoms with van der Waals surface area (Å²) < 4.78 is 11.2. The molecule has 5 rings (SSSR count). The molecule has 5 nitrogen and oxygen atoms in total. The van der Waals surface area contributed by atoms with Crippen LogP contribution in [0.15, 0.2) is 89.7 Å². The summed E-state index contributed by atoms with van der Waals surface area (Å²) in [5, 5.41) is 11.1. The van der Waals surface area contributed by atoms with E-state index in [1.54, 1.807) is 0 Å². The van der Waals surface area contributed by atoms with Gasteiger partial charge in [-0.2, -0.15) is 0 Å². The molecule has 0 aromatic heterocycles. The second kappa shape index (κ2) is 10.9. The van der Waals surface area contributed by atoms with Gasteiger partial charge in [0, 0.05) is 35.3 Å². The molecule has 0 amide bonds. The highest BCUT2D eigenvalue weighted by atomic mass is 35.5. The molecule has 2 aromatic rings. The van der Waals surface area contributed by atoms with Gasteiger partial charge in [-0.25, -0.2) is 4.79 Å². The van der Waals surface area contributed by atoms with E-state index in [9.17, 15) is 9.90 Å². The molecule has 2 aliphatic heterocycles. The van der Waals surface area contributed by atoms with Crippen molar-refractivity contribution >= 4 is 23.1 Å². The van der Waals surface area contributed by atoms with Gasteiger partial charge in [0.25, 0.3) is 0 Å². The van der Waals surface area contributed by atoms with Crippen LogP contribution in [0.3, 0.4) is 0 Å². The van der Waals surface area contributed by atoms with Gasteiger partial charge < -0.3 is 14.6 Å². The van der Waals surface area contributed by atoms with Crippen molar-refractivity contribution in [3.05, 3.63) is 106 Å². The summed E-state index contributed by atoms with van der Waals surface area (Å²) in [6.07, 6.45) is 10.9. The molecular formula is C30H30ClNO4. The summed E-state index contributed by atoms with van der Waals surface area (Å²) in [6, 6.07) is 15.9. The van der Waals surface area contributed by atoms with Gasteiger partial charge in [-0.3, -0.25) is 4.90 Å². The number of esters is 1. The molecule has 186 valence electrons. The third-order valence-corrected chi connectivity index (χ3v) is 7.33. The number of benzene rings is 2. The van der Waals surface area contributed by atoms with Crippen molar-refractivity contribution in [2.45, 2.75) is 37.8 Å². The van der Waals surface area contributed by atoms with Crippen molar-refractivity contribution < 1.29 is 19.4 Å². The van der Waals surface area contributed by atoms with Crippen LogP contribution in [0.5, 0.6) is 5.75 Å². The molecule has 0 radical (unpaired) electrons. The number of piperidine rings is 1. The fourth-order valence-corrected chi connectivity index (χ4v) is 5.40. The highest BCUT2D eigenvalue weighted by molar-refractivity contribution is 6.30. The van der Waals surface area contributed by atoms with E-state index in [2.05, 4.69) is 23.1 Å². The van der Waals surface area contributed by atoms with Gasteiger partial charge in [-0.15, -0.1) is 0 Å². The van der Waals surface area contributed by atoms with Crippen molar-refractivity contribution in [3.8, 4) is 5.75 Å². The Labute approximate surface area is 217 Å². The molecule has 1 saturated heterocycles. The van der Waals surface area contributed by atoms with Gasteiger partial charge in [0.2, 0.25) is 5.76 Å². The van der Waals surface area contributed by atoms with E-state index in [0.29, 0.717) is 23.6 Å². The van der Waals surface area contributed by atoms with Crippen molar-refractivity contribution in [3.63, 3.8) is 0 Å². The predicted octanol–water partition coefficient (Wildman–Crippen LogP) is 6.02. The fraction of sp³-hybridized carbons (Fsp3) is 0.300. The largest absolute Gasteiger partial charge is 0.463 e. The number of aliphatic hydroxyl groups excluding tert-OH is 1. The SMILES string of the molecule is COC(=O)C1=C2CC=CC=C2C(=CCCN2CCC(O)CC2c2ccc(Cl)cc2)c2ccccc2O1. The molecule has 36 heavy (non-hydrogen) atoms. The average molecular weight is 504 g/mol. The average Bonchev–Trinajstić information content (AvgIpc) is 3.04. The first-order valence-corrected chi connectivity index (χ1v) is 12.8. The third kappa shape index (κ3) is 5.05. The predicted molar refractivity (Wildman–Crippen MR) is 142 cm³/mol. The Morgan fingerprint density at radius 2 is 2.03 bits per heavy atom. The monoisotopic (exact) mass is 503 g/mol. The Hall–Kier alpha value is -3.12. The number of hydrogen-bond donors (Lipinski definition) is 1. The van der Waals surface area contributed by atoms with Gasteiger partial charge in [-0.1, -0.05) is 66.2 Å². The Kier molecular flexibility index (Phi) is 7.42. The highest BCUT2D eigenvalue weighted by Crippen LogP contribution is 2.43. The van der Waals surface area contributed by atoms with Crippen LogP contribution in [0.2, 0.25) is 5.02 Å². The second-order valence-corrected chi connectivity index (χ2v) is 9.73.